The minimum Gasteiger partial charge on any atom is -0.480 e. The summed E-state index contributed by atoms with van der Waals surface area (Å²) >= 11 is 0.722. The molecule has 0 rings (SSSR count). The highest BCUT2D eigenvalue weighted by molar-refractivity contribution is 8.00. The Morgan fingerprint density at radius 3 is 2.15 bits per heavy atom. The highest BCUT2D eigenvalue weighted by Crippen LogP contribution is 2.07. The zero-order chi connectivity index (χ0) is 20.4. The average Bonchev–Trinajstić information content (AvgIpc) is 2.56. The number of imide groups is 1. The number of hydrogen-bond acceptors (Lipinski definition) is 8. The Hall–Kier alpha value is -2.67. The van der Waals surface area contributed by atoms with E-state index in [2.05, 4.69) is 5.32 Å². The number of rotatable bonds is 11. The summed E-state index contributed by atoms with van der Waals surface area (Å²) in [6.07, 6.45) is -2.11. The normalized spacial score (nSPS) is 12.5. The lowest BCUT2D eigenvalue weighted by atomic mass is 10.1. The monoisotopic (exact) mass is 393 g/mol. The minimum absolute atomic E-state index is 0.207. The van der Waals surface area contributed by atoms with Gasteiger partial charge in [-0.05, 0) is 6.42 Å². The van der Waals surface area contributed by atoms with Gasteiger partial charge in [0.1, 0.15) is 12.1 Å². The summed E-state index contributed by atoms with van der Waals surface area (Å²) in [5, 5.41) is 28.2. The van der Waals surface area contributed by atoms with Crippen molar-refractivity contribution < 1.29 is 44.1 Å². The van der Waals surface area contributed by atoms with Crippen LogP contribution in [0.1, 0.15) is 12.8 Å². The Morgan fingerprint density at radius 2 is 1.69 bits per heavy atom. The van der Waals surface area contributed by atoms with Crippen LogP contribution in [0.15, 0.2) is 0 Å². The van der Waals surface area contributed by atoms with Gasteiger partial charge in [-0.3, -0.25) is 19.2 Å². The zero-order valence-corrected chi connectivity index (χ0v) is 14.5. The first-order chi connectivity index (χ1) is 12.0. The van der Waals surface area contributed by atoms with E-state index in [0.717, 1.165) is 18.8 Å². The van der Waals surface area contributed by atoms with Gasteiger partial charge in [0, 0.05) is 19.2 Å². The van der Waals surface area contributed by atoms with Crippen LogP contribution in [0, 0.1) is 0 Å². The lowest BCUT2D eigenvalue weighted by molar-refractivity contribution is -0.147. The molecule has 2 atom stereocenters. The lowest BCUT2D eigenvalue weighted by Gasteiger charge is -2.21. The van der Waals surface area contributed by atoms with Crippen molar-refractivity contribution in [2.24, 2.45) is 5.73 Å². The summed E-state index contributed by atoms with van der Waals surface area (Å²) < 4.78 is 0. The van der Waals surface area contributed by atoms with Crippen LogP contribution in [0.25, 0.3) is 0 Å². The van der Waals surface area contributed by atoms with Crippen LogP contribution < -0.4 is 11.1 Å². The predicted octanol–water partition coefficient (Wildman–Crippen LogP) is -1.81. The third-order valence-corrected chi connectivity index (χ3v) is 4.04. The third kappa shape index (κ3) is 8.43. The first kappa shape index (κ1) is 23.3. The number of likely N-dealkylation sites (N-methyl/N-ethyl adjacent to an activating group) is 1. The van der Waals surface area contributed by atoms with Gasteiger partial charge in [0.25, 0.3) is 5.91 Å². The van der Waals surface area contributed by atoms with Crippen molar-refractivity contribution in [3.63, 3.8) is 0 Å². The van der Waals surface area contributed by atoms with E-state index in [-0.39, 0.29) is 18.6 Å². The SMILES string of the molecule is CN(C(=O)O)C(=O)C(CSCC(=O)C(=O)O)NC(=O)CCC(N)C(=O)O. The van der Waals surface area contributed by atoms with Gasteiger partial charge in [0.15, 0.2) is 0 Å². The molecule has 0 aliphatic heterocycles. The van der Waals surface area contributed by atoms with Crippen LogP contribution in [0.5, 0.6) is 0 Å². The Morgan fingerprint density at radius 1 is 1.12 bits per heavy atom. The van der Waals surface area contributed by atoms with Gasteiger partial charge in [0.2, 0.25) is 11.7 Å². The van der Waals surface area contributed by atoms with E-state index in [1.807, 2.05) is 0 Å². The lowest BCUT2D eigenvalue weighted by Crippen LogP contribution is -2.50. The van der Waals surface area contributed by atoms with Crippen LogP contribution in [0.3, 0.4) is 0 Å². The molecule has 0 fully saturated rings. The van der Waals surface area contributed by atoms with Crippen LogP contribution in [0.4, 0.5) is 4.79 Å². The topological polar surface area (TPSA) is 204 Å². The number of thioether (sulfide) groups is 1. The van der Waals surface area contributed by atoms with Gasteiger partial charge in [-0.1, -0.05) is 0 Å². The molecule has 0 aromatic rings. The zero-order valence-electron chi connectivity index (χ0n) is 13.7. The van der Waals surface area contributed by atoms with Crippen LogP contribution in [-0.4, -0.2) is 86.5 Å². The molecule has 0 heterocycles. The molecular formula is C13H19N3O9S. The fourth-order valence-corrected chi connectivity index (χ4v) is 2.40. The van der Waals surface area contributed by atoms with Crippen molar-refractivity contribution in [3.8, 4) is 0 Å². The largest absolute Gasteiger partial charge is 0.480 e. The van der Waals surface area contributed by atoms with E-state index in [1.54, 1.807) is 0 Å². The Bertz CT molecular complexity index is 595. The summed E-state index contributed by atoms with van der Waals surface area (Å²) in [5.41, 5.74) is 5.26. The van der Waals surface area contributed by atoms with E-state index in [4.69, 9.17) is 21.1 Å². The van der Waals surface area contributed by atoms with Crippen LogP contribution in [0.2, 0.25) is 0 Å². The number of Topliss-reactive ketones (excluding diaryl/α,β-unsaturated/α-hetero) is 1. The molecule has 0 spiro atoms. The molecule has 3 amide bonds. The van der Waals surface area contributed by atoms with Crippen molar-refractivity contribution >= 4 is 47.4 Å². The first-order valence-electron chi connectivity index (χ1n) is 7.09. The summed E-state index contributed by atoms with van der Waals surface area (Å²) in [7, 11) is 0.956. The second-order valence-corrected chi connectivity index (χ2v) is 6.06. The fraction of sp³-hybridized carbons (Fsp3) is 0.538. The first-order valence-corrected chi connectivity index (χ1v) is 8.25. The molecule has 6 N–H and O–H groups in total. The van der Waals surface area contributed by atoms with Gasteiger partial charge in [-0.2, -0.15) is 11.8 Å². The number of carboxylic acids is 2. The quantitative estimate of drug-likeness (QED) is 0.247. The molecule has 0 bridgehead atoms. The number of nitrogens with two attached hydrogens (primary N) is 1. The molecule has 2 unspecified atom stereocenters. The molecular weight excluding hydrogens is 374 g/mol. The van der Waals surface area contributed by atoms with Crippen molar-refractivity contribution in [3.05, 3.63) is 0 Å². The van der Waals surface area contributed by atoms with Crippen molar-refractivity contribution in [2.45, 2.75) is 24.9 Å². The van der Waals surface area contributed by atoms with E-state index >= 15 is 0 Å². The Balaban J connectivity index is 4.86. The third-order valence-electron chi connectivity index (χ3n) is 3.01. The Kier molecular flexibility index (Phi) is 9.91. The van der Waals surface area contributed by atoms with Gasteiger partial charge in [-0.15, -0.1) is 0 Å². The number of carbonyl (C=O) groups is 6. The van der Waals surface area contributed by atoms with E-state index < -0.39 is 53.5 Å². The minimum atomic E-state index is -1.66. The fourth-order valence-electron chi connectivity index (χ4n) is 1.51. The number of carboxylic acid groups (broad SMARTS) is 3. The summed E-state index contributed by atoms with van der Waals surface area (Å²) in [6, 6.07) is -2.63. The van der Waals surface area contributed by atoms with Crippen molar-refractivity contribution in [2.75, 3.05) is 18.6 Å². The molecule has 0 aliphatic rings. The molecule has 0 saturated carbocycles. The number of ketones is 1. The second kappa shape index (κ2) is 11.0. The number of nitrogens with one attached hydrogen (secondary N) is 1. The van der Waals surface area contributed by atoms with Crippen molar-refractivity contribution in [1.29, 1.82) is 0 Å². The number of carbonyl (C=O) groups excluding carboxylic acids is 3. The number of aliphatic carboxylic acids is 2. The molecule has 26 heavy (non-hydrogen) atoms. The molecule has 0 aliphatic carbocycles. The smallest absolute Gasteiger partial charge is 0.413 e. The highest BCUT2D eigenvalue weighted by Gasteiger charge is 2.28. The maximum absolute atomic E-state index is 12.1. The molecule has 0 aromatic heterocycles. The predicted molar refractivity (Wildman–Crippen MR) is 87.5 cm³/mol. The molecule has 13 heteroatoms. The standard InChI is InChI=1S/C13H19N3O9S/c1-16(13(24)25)10(19)7(4-26-5-8(17)12(22)23)15-9(18)3-2-6(14)11(20)21/h6-7H,2-5,14H2,1H3,(H,15,18)(H,20,21)(H,22,23)(H,24,25). The molecule has 146 valence electrons. The Labute approximate surface area is 151 Å². The van der Waals surface area contributed by atoms with E-state index in [0.29, 0.717) is 4.90 Å². The summed E-state index contributed by atoms with van der Waals surface area (Å²) in [6.45, 7) is 0. The van der Waals surface area contributed by atoms with Crippen molar-refractivity contribution in [1.82, 2.24) is 10.2 Å². The highest BCUT2D eigenvalue weighted by atomic mass is 32.2. The maximum atomic E-state index is 12.1. The summed E-state index contributed by atoms with van der Waals surface area (Å²) in [5.74, 6) is -6.56. The van der Waals surface area contributed by atoms with Gasteiger partial charge >= 0.3 is 18.0 Å². The average molecular weight is 393 g/mol. The molecule has 0 radical (unpaired) electrons. The van der Waals surface area contributed by atoms with Gasteiger partial charge in [-0.25, -0.2) is 14.5 Å². The van der Waals surface area contributed by atoms with Gasteiger partial charge in [0.05, 0.1) is 5.75 Å². The molecule has 12 nitrogen and oxygen atoms in total. The maximum Gasteiger partial charge on any atom is 0.413 e. The van der Waals surface area contributed by atoms with Crippen LogP contribution in [-0.2, 0) is 24.0 Å². The van der Waals surface area contributed by atoms with E-state index in [9.17, 15) is 28.8 Å². The molecule has 0 aromatic carbocycles. The number of hydrogen-bond donors (Lipinski definition) is 5. The number of nitrogens with zero attached hydrogens (tertiary/aromatic N) is 1. The van der Waals surface area contributed by atoms with Gasteiger partial charge < -0.3 is 26.4 Å². The molecule has 0 saturated heterocycles. The second-order valence-electron chi connectivity index (χ2n) is 5.03. The van der Waals surface area contributed by atoms with Crippen LogP contribution >= 0.6 is 11.8 Å². The van der Waals surface area contributed by atoms with E-state index in [1.165, 1.54) is 0 Å². The number of amides is 3. The summed E-state index contributed by atoms with van der Waals surface area (Å²) in [4.78, 5) is 67.2.